The number of aliphatic hydroxyl groups is 1. The van der Waals surface area contributed by atoms with E-state index in [1.807, 2.05) is 56.3 Å². The summed E-state index contributed by atoms with van der Waals surface area (Å²) in [5.41, 5.74) is -1.39. The van der Waals surface area contributed by atoms with Crippen molar-refractivity contribution in [3.8, 4) is 0 Å². The van der Waals surface area contributed by atoms with Crippen LogP contribution in [0.25, 0.3) is 10.8 Å². The van der Waals surface area contributed by atoms with Crippen molar-refractivity contribution in [2.45, 2.75) is 50.9 Å². The Morgan fingerprint density at radius 1 is 1.26 bits per heavy atom. The van der Waals surface area contributed by atoms with Gasteiger partial charge in [-0.25, -0.2) is 0 Å². The molecule has 8 nitrogen and oxygen atoms in total. The van der Waals surface area contributed by atoms with Gasteiger partial charge in [0.1, 0.15) is 17.6 Å². The average Bonchev–Trinajstić information content (AvgIpc) is 3.42. The van der Waals surface area contributed by atoms with Crippen molar-refractivity contribution in [2.24, 2.45) is 17.8 Å². The van der Waals surface area contributed by atoms with Crippen LogP contribution in [0.4, 0.5) is 5.69 Å². The fourth-order valence-corrected chi connectivity index (χ4v) is 7.03. The highest BCUT2D eigenvalue weighted by molar-refractivity contribution is 6.05. The van der Waals surface area contributed by atoms with E-state index in [4.69, 9.17) is 9.47 Å². The summed E-state index contributed by atoms with van der Waals surface area (Å²) in [4.78, 5) is 45.0. The van der Waals surface area contributed by atoms with Crippen LogP contribution in [-0.4, -0.2) is 71.3 Å². The molecule has 3 fully saturated rings. The monoisotopic (exact) mass is 520 g/mol. The molecule has 2 aromatic rings. The van der Waals surface area contributed by atoms with Crippen LogP contribution in [0.15, 0.2) is 55.1 Å². The number of rotatable bonds is 9. The predicted octanol–water partition coefficient (Wildman–Crippen LogP) is 3.32. The summed E-state index contributed by atoms with van der Waals surface area (Å²) in [6.45, 7) is 9.98. The molecule has 3 heterocycles. The topological polar surface area (TPSA) is 96.4 Å². The van der Waals surface area contributed by atoms with Crippen LogP contribution in [0.1, 0.15) is 33.6 Å². The molecule has 0 saturated carbocycles. The van der Waals surface area contributed by atoms with Gasteiger partial charge in [-0.15, -0.1) is 6.58 Å². The first-order valence-corrected chi connectivity index (χ1v) is 13.4. The van der Waals surface area contributed by atoms with Gasteiger partial charge >= 0.3 is 5.97 Å². The number of aliphatic hydroxyl groups excluding tert-OH is 1. The van der Waals surface area contributed by atoms with Gasteiger partial charge < -0.3 is 24.4 Å². The maximum absolute atomic E-state index is 14.6. The van der Waals surface area contributed by atoms with E-state index in [1.165, 1.54) is 4.90 Å². The molecule has 3 unspecified atom stereocenters. The second-order valence-electron chi connectivity index (χ2n) is 10.8. The Hall–Kier alpha value is -3.23. The highest BCUT2D eigenvalue weighted by Crippen LogP contribution is 2.65. The summed E-state index contributed by atoms with van der Waals surface area (Å²) in [6.07, 6.45) is 2.45. The van der Waals surface area contributed by atoms with Gasteiger partial charge in [0.2, 0.25) is 5.91 Å². The zero-order chi connectivity index (χ0) is 27.2. The fourth-order valence-electron chi connectivity index (χ4n) is 7.03. The molecule has 1 N–H and O–H groups in total. The minimum absolute atomic E-state index is 0.0671. The third-order valence-electron chi connectivity index (χ3n) is 8.77. The molecule has 3 saturated heterocycles. The van der Waals surface area contributed by atoms with Gasteiger partial charge in [-0.05, 0) is 55.5 Å². The molecule has 2 amide bonds. The minimum atomic E-state index is -1.16. The number of fused-ring (bicyclic) bond motifs is 2. The second-order valence-corrected chi connectivity index (χ2v) is 10.8. The molecule has 3 aliphatic rings. The number of benzene rings is 2. The predicted molar refractivity (Wildman–Crippen MR) is 143 cm³/mol. The Morgan fingerprint density at radius 3 is 2.68 bits per heavy atom. The Balaban J connectivity index is 1.61. The van der Waals surface area contributed by atoms with E-state index in [0.29, 0.717) is 18.5 Å². The van der Waals surface area contributed by atoms with Gasteiger partial charge in [0.15, 0.2) is 0 Å². The first-order valence-electron chi connectivity index (χ1n) is 13.4. The van der Waals surface area contributed by atoms with E-state index in [0.717, 1.165) is 10.8 Å². The number of hydrogen-bond acceptors (Lipinski definition) is 6. The molecule has 6 atom stereocenters. The van der Waals surface area contributed by atoms with Crippen molar-refractivity contribution in [3.63, 3.8) is 0 Å². The van der Waals surface area contributed by atoms with Crippen LogP contribution in [0.5, 0.6) is 0 Å². The van der Waals surface area contributed by atoms with Gasteiger partial charge in [-0.3, -0.25) is 14.4 Å². The third kappa shape index (κ3) is 3.76. The SMILES string of the molecule is C=CCN(C(=O)C1N(CCCO)C(=O)[C@@H]2[C@@H](C(=O)OCC)[C@]3(C)OC12CC3C)c1ccc2ccccc2c1. The van der Waals surface area contributed by atoms with Gasteiger partial charge in [0.25, 0.3) is 5.91 Å². The molecule has 202 valence electrons. The van der Waals surface area contributed by atoms with Crippen molar-refractivity contribution in [1.29, 1.82) is 0 Å². The molecule has 1 spiro atoms. The number of nitrogens with zero attached hydrogens (tertiary/aromatic N) is 2. The van der Waals surface area contributed by atoms with Crippen LogP contribution in [0, 0.1) is 17.8 Å². The number of hydrogen-bond donors (Lipinski definition) is 1. The summed E-state index contributed by atoms with van der Waals surface area (Å²) < 4.78 is 12.1. The maximum atomic E-state index is 14.6. The van der Waals surface area contributed by atoms with Crippen molar-refractivity contribution in [1.82, 2.24) is 4.90 Å². The normalized spacial score (nSPS) is 31.5. The molecule has 8 heteroatoms. The molecular formula is C30H36N2O6. The van der Waals surface area contributed by atoms with Crippen LogP contribution < -0.4 is 4.90 Å². The molecule has 38 heavy (non-hydrogen) atoms. The summed E-state index contributed by atoms with van der Waals surface area (Å²) in [6, 6.07) is 12.8. The molecule has 3 aliphatic heterocycles. The quantitative estimate of drug-likeness (QED) is 0.403. The van der Waals surface area contributed by atoms with Crippen molar-refractivity contribution in [2.75, 3.05) is 31.2 Å². The number of anilines is 1. The molecule has 2 bridgehead atoms. The first-order chi connectivity index (χ1) is 18.2. The zero-order valence-corrected chi connectivity index (χ0v) is 22.3. The van der Waals surface area contributed by atoms with Crippen molar-refractivity contribution >= 4 is 34.2 Å². The lowest BCUT2D eigenvalue weighted by Gasteiger charge is -2.37. The Labute approximate surface area is 223 Å². The largest absolute Gasteiger partial charge is 0.466 e. The van der Waals surface area contributed by atoms with E-state index in [1.54, 1.807) is 17.9 Å². The van der Waals surface area contributed by atoms with E-state index in [9.17, 15) is 19.5 Å². The highest BCUT2D eigenvalue weighted by atomic mass is 16.6. The third-order valence-corrected chi connectivity index (χ3v) is 8.77. The van der Waals surface area contributed by atoms with Crippen molar-refractivity contribution in [3.05, 3.63) is 55.1 Å². The number of carbonyl (C=O) groups is 3. The number of carbonyl (C=O) groups excluding carboxylic acids is 3. The molecule has 0 aromatic heterocycles. The summed E-state index contributed by atoms with van der Waals surface area (Å²) in [5.74, 6) is -2.73. The van der Waals surface area contributed by atoms with Crippen LogP contribution in [0.2, 0.25) is 0 Å². The highest BCUT2D eigenvalue weighted by Gasteiger charge is 2.80. The number of likely N-dealkylation sites (tertiary alicyclic amines) is 1. The smallest absolute Gasteiger partial charge is 0.312 e. The Kier molecular flexibility index (Phi) is 6.82. The Morgan fingerprint density at radius 2 is 2.00 bits per heavy atom. The summed E-state index contributed by atoms with van der Waals surface area (Å²) in [7, 11) is 0. The number of amides is 2. The van der Waals surface area contributed by atoms with E-state index < -0.39 is 35.0 Å². The average molecular weight is 521 g/mol. The Bertz CT molecular complexity index is 1280. The summed E-state index contributed by atoms with van der Waals surface area (Å²) in [5, 5.41) is 11.6. The molecular weight excluding hydrogens is 484 g/mol. The van der Waals surface area contributed by atoms with Gasteiger partial charge in [0.05, 0.1) is 18.1 Å². The number of esters is 1. The van der Waals surface area contributed by atoms with E-state index >= 15 is 0 Å². The molecule has 0 radical (unpaired) electrons. The fraction of sp³-hybridized carbons (Fsp3) is 0.500. The van der Waals surface area contributed by atoms with E-state index in [-0.39, 0.29) is 44.0 Å². The first kappa shape index (κ1) is 26.4. The molecule has 5 rings (SSSR count). The van der Waals surface area contributed by atoms with Crippen LogP contribution in [0.3, 0.4) is 0 Å². The second kappa shape index (κ2) is 9.82. The van der Waals surface area contributed by atoms with Crippen molar-refractivity contribution < 1.29 is 29.0 Å². The lowest BCUT2D eigenvalue weighted by atomic mass is 9.62. The number of ether oxygens (including phenoxy) is 2. The van der Waals surface area contributed by atoms with Gasteiger partial charge in [-0.2, -0.15) is 0 Å². The lowest BCUT2D eigenvalue weighted by molar-refractivity contribution is -0.161. The standard InChI is InChI=1S/C30H36N2O6/c1-5-14-31(22-13-12-20-10-7-8-11-21(20)17-22)27(35)25-30-18-19(3)29(4,38-30)24(28(36)37-6-2)23(30)26(34)32(25)15-9-16-33/h5,7-8,10-13,17,19,23-25,33H,1,6,9,14-16,18H2,2-4H3/t19?,23-,24-,25?,29+,30?/m0/s1. The zero-order valence-electron chi connectivity index (χ0n) is 22.3. The molecule has 2 aromatic carbocycles. The van der Waals surface area contributed by atoms with Crippen LogP contribution >= 0.6 is 0 Å². The van der Waals surface area contributed by atoms with Gasteiger partial charge in [-0.1, -0.05) is 43.3 Å². The van der Waals surface area contributed by atoms with Crippen LogP contribution in [-0.2, 0) is 23.9 Å². The van der Waals surface area contributed by atoms with Gasteiger partial charge in [0, 0.05) is 25.4 Å². The maximum Gasteiger partial charge on any atom is 0.312 e. The minimum Gasteiger partial charge on any atom is -0.466 e. The summed E-state index contributed by atoms with van der Waals surface area (Å²) >= 11 is 0. The molecule has 0 aliphatic carbocycles. The van der Waals surface area contributed by atoms with E-state index in [2.05, 4.69) is 6.58 Å². The lowest BCUT2D eigenvalue weighted by Crippen LogP contribution is -2.57.